The lowest BCUT2D eigenvalue weighted by atomic mass is 10.2. The van der Waals surface area contributed by atoms with E-state index in [0.29, 0.717) is 25.9 Å². The van der Waals surface area contributed by atoms with Crippen LogP contribution in [0.3, 0.4) is 0 Å². The average molecular weight is 358 g/mol. The van der Waals surface area contributed by atoms with Crippen LogP contribution >= 0.6 is 15.9 Å². The maximum atomic E-state index is 11.6. The van der Waals surface area contributed by atoms with Crippen LogP contribution in [0.1, 0.15) is 32.6 Å². The Hall–Kier alpha value is -1.56. The number of hydrogen-bond acceptors (Lipinski definition) is 3. The van der Waals surface area contributed by atoms with Crippen molar-refractivity contribution in [2.24, 2.45) is 0 Å². The summed E-state index contributed by atoms with van der Waals surface area (Å²) in [5.41, 5.74) is 0. The fourth-order valence-electron chi connectivity index (χ4n) is 1.71. The smallest absolute Gasteiger partial charge is 0.303 e. The Morgan fingerprint density at radius 1 is 1.29 bits per heavy atom. The molecule has 0 bridgehead atoms. The summed E-state index contributed by atoms with van der Waals surface area (Å²) in [6.07, 6.45) is 1.49. The first-order valence-electron chi connectivity index (χ1n) is 6.87. The van der Waals surface area contributed by atoms with E-state index >= 15 is 0 Å². The predicted octanol–water partition coefficient (Wildman–Crippen LogP) is 2.98. The van der Waals surface area contributed by atoms with Gasteiger partial charge in [0.2, 0.25) is 5.91 Å². The van der Waals surface area contributed by atoms with Gasteiger partial charge >= 0.3 is 5.97 Å². The molecule has 0 aliphatic rings. The second-order valence-electron chi connectivity index (χ2n) is 4.81. The minimum Gasteiger partial charge on any atom is -0.494 e. The van der Waals surface area contributed by atoms with E-state index in [9.17, 15) is 9.59 Å². The quantitative estimate of drug-likeness (QED) is 0.666. The topological polar surface area (TPSA) is 75.6 Å². The summed E-state index contributed by atoms with van der Waals surface area (Å²) < 4.78 is 6.51. The van der Waals surface area contributed by atoms with Crippen LogP contribution in [-0.4, -0.2) is 29.6 Å². The zero-order valence-electron chi connectivity index (χ0n) is 12.0. The first kappa shape index (κ1) is 17.5. The molecule has 6 heteroatoms. The van der Waals surface area contributed by atoms with Gasteiger partial charge in [-0.2, -0.15) is 0 Å². The lowest BCUT2D eigenvalue weighted by Crippen LogP contribution is -2.32. The molecule has 0 saturated carbocycles. The van der Waals surface area contributed by atoms with E-state index in [1.54, 1.807) is 6.92 Å². The molecule has 1 amide bonds. The number of carbonyl (C=O) groups is 2. The number of benzene rings is 1. The van der Waals surface area contributed by atoms with Crippen molar-refractivity contribution in [2.45, 2.75) is 38.6 Å². The highest BCUT2D eigenvalue weighted by molar-refractivity contribution is 9.10. The van der Waals surface area contributed by atoms with Gasteiger partial charge in [0, 0.05) is 23.4 Å². The number of carboxylic acids is 1. The molecule has 0 aliphatic carbocycles. The lowest BCUT2D eigenvalue weighted by Gasteiger charge is -2.12. The Kier molecular flexibility index (Phi) is 7.82. The third kappa shape index (κ3) is 8.34. The monoisotopic (exact) mass is 357 g/mol. The normalized spacial score (nSPS) is 11.7. The Morgan fingerprint density at radius 2 is 1.95 bits per heavy atom. The molecule has 0 aromatic heterocycles. The maximum Gasteiger partial charge on any atom is 0.303 e. The van der Waals surface area contributed by atoms with Gasteiger partial charge in [0.15, 0.2) is 0 Å². The minimum absolute atomic E-state index is 0.0636. The van der Waals surface area contributed by atoms with E-state index < -0.39 is 5.97 Å². The zero-order chi connectivity index (χ0) is 15.7. The Bertz CT molecular complexity index is 461. The molecule has 21 heavy (non-hydrogen) atoms. The highest BCUT2D eigenvalue weighted by atomic mass is 79.9. The summed E-state index contributed by atoms with van der Waals surface area (Å²) in [7, 11) is 0. The summed E-state index contributed by atoms with van der Waals surface area (Å²) in [5, 5.41) is 11.3. The van der Waals surface area contributed by atoms with Crippen molar-refractivity contribution >= 4 is 27.8 Å². The molecule has 116 valence electrons. The summed E-state index contributed by atoms with van der Waals surface area (Å²) >= 11 is 3.35. The van der Waals surface area contributed by atoms with E-state index in [1.165, 1.54) is 0 Å². The predicted molar refractivity (Wildman–Crippen MR) is 83.3 cm³/mol. The number of nitrogens with one attached hydrogen (secondary N) is 1. The Morgan fingerprint density at radius 3 is 2.57 bits per heavy atom. The van der Waals surface area contributed by atoms with Crippen LogP contribution in [0.4, 0.5) is 0 Å². The highest BCUT2D eigenvalue weighted by Crippen LogP contribution is 2.16. The average Bonchev–Trinajstić information content (AvgIpc) is 2.43. The van der Waals surface area contributed by atoms with Gasteiger partial charge in [0.05, 0.1) is 6.61 Å². The fraction of sp³-hybridized carbons (Fsp3) is 0.467. The van der Waals surface area contributed by atoms with Crippen LogP contribution in [-0.2, 0) is 9.59 Å². The van der Waals surface area contributed by atoms with Crippen LogP contribution < -0.4 is 10.1 Å². The summed E-state index contributed by atoms with van der Waals surface area (Å²) in [6, 6.07) is 7.38. The maximum absolute atomic E-state index is 11.6. The molecule has 0 radical (unpaired) electrons. The molecule has 5 nitrogen and oxygen atoms in total. The minimum atomic E-state index is -0.848. The fourth-order valence-corrected chi connectivity index (χ4v) is 1.98. The lowest BCUT2D eigenvalue weighted by molar-refractivity contribution is -0.137. The van der Waals surface area contributed by atoms with Crippen molar-refractivity contribution in [2.75, 3.05) is 6.61 Å². The van der Waals surface area contributed by atoms with Crippen LogP contribution in [0.2, 0.25) is 0 Å². The second-order valence-corrected chi connectivity index (χ2v) is 5.72. The van der Waals surface area contributed by atoms with E-state index in [4.69, 9.17) is 9.84 Å². The number of hydrogen-bond donors (Lipinski definition) is 2. The molecule has 0 saturated heterocycles. The van der Waals surface area contributed by atoms with E-state index in [2.05, 4.69) is 21.2 Å². The first-order valence-corrected chi connectivity index (χ1v) is 7.66. The first-order chi connectivity index (χ1) is 9.97. The molecule has 0 heterocycles. The number of aliphatic carboxylic acids is 1. The summed E-state index contributed by atoms with van der Waals surface area (Å²) in [5.74, 6) is -0.153. The summed E-state index contributed by atoms with van der Waals surface area (Å²) in [6.45, 7) is 2.28. The molecule has 2 N–H and O–H groups in total. The number of amides is 1. The van der Waals surface area contributed by atoms with Crippen molar-refractivity contribution in [1.29, 1.82) is 0 Å². The van der Waals surface area contributed by atoms with Crippen LogP contribution in [0.25, 0.3) is 0 Å². The number of rotatable bonds is 9. The van der Waals surface area contributed by atoms with Crippen molar-refractivity contribution in [1.82, 2.24) is 5.32 Å². The van der Waals surface area contributed by atoms with Crippen molar-refractivity contribution in [3.63, 3.8) is 0 Å². The molecule has 1 aromatic carbocycles. The standard InChI is InChI=1S/C15H20BrNO4/c1-11(4-9-15(19)20)17-14(18)3-2-10-21-13-7-5-12(16)6-8-13/h5-8,11H,2-4,9-10H2,1H3,(H,17,18)(H,19,20). The van der Waals surface area contributed by atoms with Crippen molar-refractivity contribution in [3.05, 3.63) is 28.7 Å². The molecule has 0 aliphatic heterocycles. The van der Waals surface area contributed by atoms with Gasteiger partial charge in [-0.3, -0.25) is 9.59 Å². The third-order valence-electron chi connectivity index (χ3n) is 2.83. The van der Waals surface area contributed by atoms with E-state index in [0.717, 1.165) is 10.2 Å². The Balaban J connectivity index is 2.13. The van der Waals surface area contributed by atoms with Crippen molar-refractivity contribution in [3.8, 4) is 5.75 Å². The van der Waals surface area contributed by atoms with Crippen molar-refractivity contribution < 1.29 is 19.4 Å². The van der Waals surface area contributed by atoms with Gasteiger partial charge < -0.3 is 15.2 Å². The van der Waals surface area contributed by atoms with E-state index in [-0.39, 0.29) is 18.4 Å². The zero-order valence-corrected chi connectivity index (χ0v) is 13.6. The van der Waals surface area contributed by atoms with Gasteiger partial charge in [-0.15, -0.1) is 0 Å². The molecule has 1 aromatic rings. The second kappa shape index (κ2) is 9.39. The van der Waals surface area contributed by atoms with Gasteiger partial charge in [-0.1, -0.05) is 15.9 Å². The van der Waals surface area contributed by atoms with Gasteiger partial charge in [-0.05, 0) is 44.0 Å². The van der Waals surface area contributed by atoms with Gasteiger partial charge in [0.25, 0.3) is 0 Å². The highest BCUT2D eigenvalue weighted by Gasteiger charge is 2.09. The number of ether oxygens (including phenoxy) is 1. The number of carboxylic acid groups (broad SMARTS) is 1. The Labute approximate surface area is 132 Å². The van der Waals surface area contributed by atoms with Gasteiger partial charge in [-0.25, -0.2) is 0 Å². The molecular weight excluding hydrogens is 338 g/mol. The van der Waals surface area contributed by atoms with E-state index in [1.807, 2.05) is 24.3 Å². The SMILES string of the molecule is CC(CCC(=O)O)NC(=O)CCCOc1ccc(Br)cc1. The van der Waals surface area contributed by atoms with Crippen LogP contribution in [0.5, 0.6) is 5.75 Å². The molecule has 0 spiro atoms. The number of carbonyl (C=O) groups excluding carboxylic acids is 1. The third-order valence-corrected chi connectivity index (χ3v) is 3.36. The molecule has 0 fully saturated rings. The molecular formula is C15H20BrNO4. The molecule has 1 unspecified atom stereocenters. The largest absolute Gasteiger partial charge is 0.494 e. The van der Waals surface area contributed by atoms with Crippen LogP contribution in [0.15, 0.2) is 28.7 Å². The molecule has 1 atom stereocenters. The van der Waals surface area contributed by atoms with Gasteiger partial charge in [0.1, 0.15) is 5.75 Å². The van der Waals surface area contributed by atoms with Crippen LogP contribution in [0, 0.1) is 0 Å². The molecule has 1 rings (SSSR count). The number of halogens is 1. The summed E-state index contributed by atoms with van der Waals surface area (Å²) in [4.78, 5) is 22.1.